The minimum absolute atomic E-state index is 0.167. The minimum Gasteiger partial charge on any atom is -0.481 e. The first-order chi connectivity index (χ1) is 8.66. The number of hydrogen-bond acceptors (Lipinski definition) is 3. The van der Waals surface area contributed by atoms with Crippen molar-refractivity contribution in [1.82, 2.24) is 5.32 Å². The van der Waals surface area contributed by atoms with E-state index in [4.69, 9.17) is 5.73 Å². The molecule has 0 amide bonds. The Kier molecular flexibility index (Phi) is 3.32. The third-order valence-electron chi connectivity index (χ3n) is 5.49. The number of carbonyl (C=O) groups is 1. The zero-order chi connectivity index (χ0) is 12.7. The highest BCUT2D eigenvalue weighted by molar-refractivity contribution is 5.70. The van der Waals surface area contributed by atoms with Gasteiger partial charge < -0.3 is 16.2 Å². The van der Waals surface area contributed by atoms with E-state index < -0.39 is 5.97 Å². The highest BCUT2D eigenvalue weighted by Gasteiger charge is 2.46. The van der Waals surface area contributed by atoms with Gasteiger partial charge in [0.05, 0.1) is 5.92 Å². The van der Waals surface area contributed by atoms with Crippen LogP contribution in [0, 0.1) is 17.8 Å². The molecule has 0 bridgehead atoms. The first-order valence-electron chi connectivity index (χ1n) is 7.41. The first kappa shape index (κ1) is 12.4. The molecule has 1 saturated heterocycles. The normalized spacial score (nSPS) is 48.1. The summed E-state index contributed by atoms with van der Waals surface area (Å²) in [6.45, 7) is 0. The summed E-state index contributed by atoms with van der Waals surface area (Å²) in [5.41, 5.74) is 6.47. The standard InChI is InChI=1S/C14H24N2O2/c15-13-9-3-1-2-4-11(9)16-12-6-5-8(14(17)18)7-10(12)13/h8-13,16H,1-7,15H2,(H,17,18). The molecule has 4 heteroatoms. The molecule has 0 aromatic rings. The third kappa shape index (κ3) is 2.05. The van der Waals surface area contributed by atoms with Crippen LogP contribution in [0.3, 0.4) is 0 Å². The molecule has 1 heterocycles. The van der Waals surface area contributed by atoms with Crippen molar-refractivity contribution in [1.29, 1.82) is 0 Å². The Morgan fingerprint density at radius 3 is 2.56 bits per heavy atom. The number of fused-ring (bicyclic) bond motifs is 2. The van der Waals surface area contributed by atoms with E-state index in [1.54, 1.807) is 0 Å². The second-order valence-corrected chi connectivity index (χ2v) is 6.42. The van der Waals surface area contributed by atoms with Crippen molar-refractivity contribution in [2.24, 2.45) is 23.5 Å². The van der Waals surface area contributed by atoms with Crippen LogP contribution in [0.25, 0.3) is 0 Å². The Morgan fingerprint density at radius 1 is 1.06 bits per heavy atom. The van der Waals surface area contributed by atoms with Gasteiger partial charge in [0.25, 0.3) is 0 Å². The van der Waals surface area contributed by atoms with Crippen LogP contribution in [0.5, 0.6) is 0 Å². The molecule has 0 aromatic heterocycles. The predicted molar refractivity (Wildman–Crippen MR) is 69.1 cm³/mol. The Balaban J connectivity index is 1.73. The molecule has 3 fully saturated rings. The molecule has 4 nitrogen and oxygen atoms in total. The third-order valence-corrected chi connectivity index (χ3v) is 5.49. The Hall–Kier alpha value is -0.610. The van der Waals surface area contributed by atoms with Crippen LogP contribution in [-0.2, 0) is 4.79 Å². The molecule has 18 heavy (non-hydrogen) atoms. The fourth-order valence-corrected chi connectivity index (χ4v) is 4.48. The molecule has 0 aromatic carbocycles. The maximum absolute atomic E-state index is 11.2. The van der Waals surface area contributed by atoms with Crippen LogP contribution in [0.2, 0.25) is 0 Å². The molecular formula is C14H24N2O2. The number of nitrogens with one attached hydrogen (secondary N) is 1. The van der Waals surface area contributed by atoms with E-state index in [0.717, 1.165) is 19.3 Å². The summed E-state index contributed by atoms with van der Waals surface area (Å²) >= 11 is 0. The van der Waals surface area contributed by atoms with Gasteiger partial charge in [-0.2, -0.15) is 0 Å². The molecule has 0 spiro atoms. The lowest BCUT2D eigenvalue weighted by atomic mass is 9.64. The van der Waals surface area contributed by atoms with E-state index in [0.29, 0.717) is 23.9 Å². The van der Waals surface area contributed by atoms with Gasteiger partial charge in [0.1, 0.15) is 0 Å². The van der Waals surface area contributed by atoms with Crippen molar-refractivity contribution in [3.05, 3.63) is 0 Å². The van der Waals surface area contributed by atoms with E-state index >= 15 is 0 Å². The molecule has 6 unspecified atom stereocenters. The van der Waals surface area contributed by atoms with Crippen LogP contribution in [0.15, 0.2) is 0 Å². The molecule has 3 aliphatic rings. The highest BCUT2D eigenvalue weighted by Crippen LogP contribution is 2.41. The van der Waals surface area contributed by atoms with E-state index in [2.05, 4.69) is 5.32 Å². The Labute approximate surface area is 108 Å². The lowest BCUT2D eigenvalue weighted by molar-refractivity contribution is -0.144. The average Bonchev–Trinajstić information content (AvgIpc) is 2.38. The summed E-state index contributed by atoms with van der Waals surface area (Å²) in [5, 5.41) is 13.0. The number of carboxylic acid groups (broad SMARTS) is 1. The topological polar surface area (TPSA) is 75.3 Å². The summed E-state index contributed by atoms with van der Waals surface area (Å²) < 4.78 is 0. The quantitative estimate of drug-likeness (QED) is 0.658. The molecule has 102 valence electrons. The van der Waals surface area contributed by atoms with Crippen molar-refractivity contribution >= 4 is 5.97 Å². The number of carboxylic acids is 1. The summed E-state index contributed by atoms with van der Waals surface area (Å²) in [6.07, 6.45) is 7.65. The Morgan fingerprint density at radius 2 is 1.78 bits per heavy atom. The van der Waals surface area contributed by atoms with E-state index in [1.807, 2.05) is 0 Å². The summed E-state index contributed by atoms with van der Waals surface area (Å²) in [4.78, 5) is 11.2. The monoisotopic (exact) mass is 252 g/mol. The van der Waals surface area contributed by atoms with Gasteiger partial charge in [-0.25, -0.2) is 0 Å². The van der Waals surface area contributed by atoms with Gasteiger partial charge in [0, 0.05) is 18.1 Å². The van der Waals surface area contributed by atoms with Gasteiger partial charge in [0.2, 0.25) is 0 Å². The van der Waals surface area contributed by atoms with E-state index in [9.17, 15) is 9.90 Å². The zero-order valence-corrected chi connectivity index (χ0v) is 10.8. The van der Waals surface area contributed by atoms with Crippen LogP contribution < -0.4 is 11.1 Å². The predicted octanol–water partition coefficient (Wildman–Crippen LogP) is 1.35. The second-order valence-electron chi connectivity index (χ2n) is 6.42. The number of aliphatic carboxylic acids is 1. The molecule has 2 aliphatic carbocycles. The Bertz CT molecular complexity index is 334. The van der Waals surface area contributed by atoms with Gasteiger partial charge in [0.15, 0.2) is 0 Å². The average molecular weight is 252 g/mol. The highest BCUT2D eigenvalue weighted by atomic mass is 16.4. The van der Waals surface area contributed by atoms with Gasteiger partial charge in [-0.1, -0.05) is 12.8 Å². The number of nitrogens with two attached hydrogens (primary N) is 1. The second kappa shape index (κ2) is 4.82. The van der Waals surface area contributed by atoms with E-state index in [-0.39, 0.29) is 12.0 Å². The van der Waals surface area contributed by atoms with E-state index in [1.165, 1.54) is 25.7 Å². The zero-order valence-electron chi connectivity index (χ0n) is 10.8. The number of piperidine rings is 1. The number of rotatable bonds is 1. The summed E-state index contributed by atoms with van der Waals surface area (Å²) in [7, 11) is 0. The van der Waals surface area contributed by atoms with Crippen LogP contribution >= 0.6 is 0 Å². The fourth-order valence-electron chi connectivity index (χ4n) is 4.48. The SMILES string of the molecule is NC1C2CCCCC2NC2CCC(C(=O)O)CC21. The molecule has 1 aliphatic heterocycles. The molecular weight excluding hydrogens is 228 g/mol. The minimum atomic E-state index is -0.633. The molecule has 6 atom stereocenters. The van der Waals surface area contributed by atoms with Crippen molar-refractivity contribution in [2.75, 3.05) is 0 Å². The van der Waals surface area contributed by atoms with Crippen molar-refractivity contribution in [3.63, 3.8) is 0 Å². The fraction of sp³-hybridized carbons (Fsp3) is 0.929. The maximum atomic E-state index is 11.2. The summed E-state index contributed by atoms with van der Waals surface area (Å²) in [6, 6.07) is 1.27. The van der Waals surface area contributed by atoms with Crippen LogP contribution in [-0.4, -0.2) is 29.2 Å². The summed E-state index contributed by atoms with van der Waals surface area (Å²) in [5.74, 6) is 0.150. The van der Waals surface area contributed by atoms with Gasteiger partial charge in [-0.3, -0.25) is 4.79 Å². The smallest absolute Gasteiger partial charge is 0.306 e. The number of hydrogen-bond donors (Lipinski definition) is 3. The molecule has 4 N–H and O–H groups in total. The van der Waals surface area contributed by atoms with Crippen LogP contribution in [0.1, 0.15) is 44.9 Å². The van der Waals surface area contributed by atoms with Crippen LogP contribution in [0.4, 0.5) is 0 Å². The lowest BCUT2D eigenvalue weighted by Crippen LogP contribution is -2.64. The van der Waals surface area contributed by atoms with Gasteiger partial charge in [-0.15, -0.1) is 0 Å². The maximum Gasteiger partial charge on any atom is 0.306 e. The molecule has 3 rings (SSSR count). The van der Waals surface area contributed by atoms with Gasteiger partial charge >= 0.3 is 5.97 Å². The first-order valence-corrected chi connectivity index (χ1v) is 7.41. The largest absolute Gasteiger partial charge is 0.481 e. The van der Waals surface area contributed by atoms with Crippen molar-refractivity contribution in [2.45, 2.75) is 63.1 Å². The van der Waals surface area contributed by atoms with Crippen molar-refractivity contribution in [3.8, 4) is 0 Å². The molecule has 0 radical (unpaired) electrons. The lowest BCUT2D eigenvalue weighted by Gasteiger charge is -2.51. The molecule has 2 saturated carbocycles. The van der Waals surface area contributed by atoms with Gasteiger partial charge in [-0.05, 0) is 43.9 Å². The van der Waals surface area contributed by atoms with Crippen molar-refractivity contribution < 1.29 is 9.90 Å².